The molecule has 0 unspecified atom stereocenters. The van der Waals surface area contributed by atoms with Crippen LogP contribution in [0.15, 0.2) is 6.20 Å². The first kappa shape index (κ1) is 9.65. The molecule has 0 bridgehead atoms. The lowest BCUT2D eigenvalue weighted by atomic mass is 10.3. The van der Waals surface area contributed by atoms with Gasteiger partial charge in [0.25, 0.3) is 0 Å². The zero-order chi connectivity index (χ0) is 8.97. The van der Waals surface area contributed by atoms with Crippen LogP contribution < -0.4 is 0 Å². The van der Waals surface area contributed by atoms with Crippen LogP contribution in [0, 0.1) is 6.92 Å². The van der Waals surface area contributed by atoms with Gasteiger partial charge in [0.2, 0.25) is 0 Å². The minimum absolute atomic E-state index is 0.970. The van der Waals surface area contributed by atoms with Gasteiger partial charge in [0.15, 0.2) is 0 Å². The molecule has 0 fully saturated rings. The fraction of sp³-hybridized carbons (Fsp3) is 0.667. The fourth-order valence-corrected chi connectivity index (χ4v) is 1.75. The molecule has 0 radical (unpaired) electrons. The molecule has 0 N–H and O–H groups in total. The van der Waals surface area contributed by atoms with Crippen LogP contribution >= 0.6 is 11.8 Å². The predicted octanol–water partition coefficient (Wildman–Crippen LogP) is 2.46. The van der Waals surface area contributed by atoms with E-state index in [9.17, 15) is 0 Å². The Hall–Kier alpha value is -0.440. The van der Waals surface area contributed by atoms with Gasteiger partial charge in [0.05, 0.1) is 5.69 Å². The molecule has 0 aliphatic rings. The van der Waals surface area contributed by atoms with Crippen molar-refractivity contribution in [1.82, 2.24) is 9.78 Å². The maximum atomic E-state index is 4.46. The lowest BCUT2D eigenvalue weighted by Gasteiger charge is -1.95. The van der Waals surface area contributed by atoms with Crippen molar-refractivity contribution in [2.75, 3.05) is 5.75 Å². The molecule has 0 saturated carbocycles. The number of hydrogen-bond acceptors (Lipinski definition) is 2. The quantitative estimate of drug-likeness (QED) is 0.715. The molecule has 0 aromatic carbocycles. The standard InChI is InChI=1S/C9H16N2S/c1-4-11-6-8(3)9(10-11)7-12-5-2/h6H,4-5,7H2,1-3H3. The molecule has 68 valence electrons. The van der Waals surface area contributed by atoms with Gasteiger partial charge in [0.1, 0.15) is 0 Å². The molecule has 0 saturated heterocycles. The van der Waals surface area contributed by atoms with Crippen molar-refractivity contribution in [3.8, 4) is 0 Å². The van der Waals surface area contributed by atoms with Crippen LogP contribution in [0.3, 0.4) is 0 Å². The predicted molar refractivity (Wildman–Crippen MR) is 54.5 cm³/mol. The van der Waals surface area contributed by atoms with E-state index in [1.165, 1.54) is 17.0 Å². The summed E-state index contributed by atoms with van der Waals surface area (Å²) in [5, 5.41) is 4.46. The van der Waals surface area contributed by atoms with Gasteiger partial charge in [-0.25, -0.2) is 0 Å². The zero-order valence-electron chi connectivity index (χ0n) is 8.00. The molecule has 1 aromatic rings. The molecule has 1 rings (SSSR count). The molecule has 2 nitrogen and oxygen atoms in total. The highest BCUT2D eigenvalue weighted by molar-refractivity contribution is 7.98. The average molecular weight is 184 g/mol. The number of aryl methyl sites for hydroxylation is 2. The summed E-state index contributed by atoms with van der Waals surface area (Å²) in [6.45, 7) is 7.39. The Balaban J connectivity index is 2.64. The van der Waals surface area contributed by atoms with Gasteiger partial charge in [-0.2, -0.15) is 16.9 Å². The van der Waals surface area contributed by atoms with Crippen molar-refractivity contribution in [3.05, 3.63) is 17.5 Å². The Morgan fingerprint density at radius 1 is 1.50 bits per heavy atom. The number of hydrogen-bond donors (Lipinski definition) is 0. The third kappa shape index (κ3) is 2.27. The van der Waals surface area contributed by atoms with E-state index in [2.05, 4.69) is 32.1 Å². The second kappa shape index (κ2) is 4.55. The Labute approximate surface area is 78.4 Å². The molecular weight excluding hydrogens is 168 g/mol. The Bertz CT molecular complexity index is 243. The van der Waals surface area contributed by atoms with E-state index in [4.69, 9.17) is 0 Å². The van der Waals surface area contributed by atoms with Crippen molar-refractivity contribution >= 4 is 11.8 Å². The highest BCUT2D eigenvalue weighted by atomic mass is 32.2. The van der Waals surface area contributed by atoms with Crippen LogP contribution in [-0.4, -0.2) is 15.5 Å². The van der Waals surface area contributed by atoms with Gasteiger partial charge in [-0.1, -0.05) is 6.92 Å². The molecule has 1 heterocycles. The highest BCUT2D eigenvalue weighted by Crippen LogP contribution is 2.13. The summed E-state index contributed by atoms with van der Waals surface area (Å²) in [5.41, 5.74) is 2.56. The zero-order valence-corrected chi connectivity index (χ0v) is 8.82. The van der Waals surface area contributed by atoms with Crippen molar-refractivity contribution < 1.29 is 0 Å². The summed E-state index contributed by atoms with van der Waals surface area (Å²) in [4.78, 5) is 0. The van der Waals surface area contributed by atoms with Crippen molar-refractivity contribution in [2.45, 2.75) is 33.1 Å². The van der Waals surface area contributed by atoms with Gasteiger partial charge >= 0.3 is 0 Å². The molecule has 0 atom stereocenters. The summed E-state index contributed by atoms with van der Waals surface area (Å²) in [6, 6.07) is 0. The van der Waals surface area contributed by atoms with Crippen LogP contribution in [0.5, 0.6) is 0 Å². The van der Waals surface area contributed by atoms with E-state index >= 15 is 0 Å². The van der Waals surface area contributed by atoms with E-state index in [1.54, 1.807) is 0 Å². The Morgan fingerprint density at radius 3 is 2.75 bits per heavy atom. The Kier molecular flexibility index (Phi) is 3.66. The lowest BCUT2D eigenvalue weighted by Crippen LogP contribution is -1.94. The third-order valence-corrected chi connectivity index (χ3v) is 2.70. The maximum Gasteiger partial charge on any atom is 0.0752 e. The summed E-state index contributed by atoms with van der Waals surface area (Å²) in [7, 11) is 0. The molecule has 0 aliphatic heterocycles. The highest BCUT2D eigenvalue weighted by Gasteiger charge is 2.02. The SMILES string of the molecule is CCSCc1nn(CC)cc1C. The van der Waals surface area contributed by atoms with E-state index in [1.807, 2.05) is 16.4 Å². The summed E-state index contributed by atoms with van der Waals surface area (Å²) in [5.74, 6) is 2.22. The summed E-state index contributed by atoms with van der Waals surface area (Å²) in [6.07, 6.45) is 2.12. The number of aromatic nitrogens is 2. The van der Waals surface area contributed by atoms with Gasteiger partial charge in [-0.3, -0.25) is 4.68 Å². The molecule has 3 heteroatoms. The van der Waals surface area contributed by atoms with Crippen LogP contribution in [0.4, 0.5) is 0 Å². The molecule has 12 heavy (non-hydrogen) atoms. The number of rotatable bonds is 4. The molecule has 0 spiro atoms. The maximum absolute atomic E-state index is 4.46. The topological polar surface area (TPSA) is 17.8 Å². The van der Waals surface area contributed by atoms with E-state index in [0.29, 0.717) is 0 Å². The first-order valence-electron chi connectivity index (χ1n) is 4.38. The minimum atomic E-state index is 0.970. The van der Waals surface area contributed by atoms with Crippen LogP contribution in [-0.2, 0) is 12.3 Å². The molecule has 1 aromatic heterocycles. The van der Waals surface area contributed by atoms with Crippen molar-refractivity contribution in [3.63, 3.8) is 0 Å². The van der Waals surface area contributed by atoms with Gasteiger partial charge in [-0.15, -0.1) is 0 Å². The summed E-state index contributed by atoms with van der Waals surface area (Å²) < 4.78 is 2.00. The second-order valence-corrected chi connectivity index (χ2v) is 4.03. The molecule has 0 amide bonds. The third-order valence-electron chi connectivity index (χ3n) is 1.81. The Morgan fingerprint density at radius 2 is 2.25 bits per heavy atom. The lowest BCUT2D eigenvalue weighted by molar-refractivity contribution is 0.652. The van der Waals surface area contributed by atoms with Crippen molar-refractivity contribution in [1.29, 1.82) is 0 Å². The molecular formula is C9H16N2S. The van der Waals surface area contributed by atoms with Crippen LogP contribution in [0.25, 0.3) is 0 Å². The van der Waals surface area contributed by atoms with Crippen LogP contribution in [0.2, 0.25) is 0 Å². The largest absolute Gasteiger partial charge is 0.272 e. The second-order valence-electron chi connectivity index (χ2n) is 2.75. The molecule has 0 aliphatic carbocycles. The van der Waals surface area contributed by atoms with Crippen molar-refractivity contribution in [2.24, 2.45) is 0 Å². The van der Waals surface area contributed by atoms with E-state index in [-0.39, 0.29) is 0 Å². The number of thioether (sulfide) groups is 1. The normalized spacial score (nSPS) is 10.6. The fourth-order valence-electron chi connectivity index (χ4n) is 1.06. The minimum Gasteiger partial charge on any atom is -0.272 e. The van der Waals surface area contributed by atoms with Gasteiger partial charge in [0, 0.05) is 18.5 Å². The smallest absolute Gasteiger partial charge is 0.0752 e. The van der Waals surface area contributed by atoms with E-state index in [0.717, 1.165) is 12.3 Å². The first-order valence-corrected chi connectivity index (χ1v) is 5.54. The van der Waals surface area contributed by atoms with E-state index < -0.39 is 0 Å². The average Bonchev–Trinajstić information content (AvgIpc) is 2.43. The number of nitrogens with zero attached hydrogens (tertiary/aromatic N) is 2. The van der Waals surface area contributed by atoms with Gasteiger partial charge < -0.3 is 0 Å². The van der Waals surface area contributed by atoms with Crippen LogP contribution in [0.1, 0.15) is 25.1 Å². The van der Waals surface area contributed by atoms with Gasteiger partial charge in [-0.05, 0) is 25.2 Å². The monoisotopic (exact) mass is 184 g/mol. The summed E-state index contributed by atoms with van der Waals surface area (Å²) >= 11 is 1.92. The first-order chi connectivity index (χ1) is 5.77.